The lowest BCUT2D eigenvalue weighted by Gasteiger charge is -2.11. The number of anilines is 1. The van der Waals surface area contributed by atoms with Crippen molar-refractivity contribution < 1.29 is 14.5 Å². The summed E-state index contributed by atoms with van der Waals surface area (Å²) in [5, 5.41) is 14.0. The number of fused-ring (bicyclic) bond motifs is 1. The van der Waals surface area contributed by atoms with Crippen molar-refractivity contribution in [3.05, 3.63) is 62.0 Å². The molecule has 0 atom stereocenters. The van der Waals surface area contributed by atoms with Crippen molar-refractivity contribution in [3.8, 4) is 0 Å². The van der Waals surface area contributed by atoms with Crippen molar-refractivity contribution in [2.75, 3.05) is 5.32 Å². The second-order valence-electron chi connectivity index (χ2n) is 5.95. The van der Waals surface area contributed by atoms with Crippen molar-refractivity contribution in [2.45, 2.75) is 25.7 Å². The van der Waals surface area contributed by atoms with E-state index < -0.39 is 16.7 Å². The number of carbonyl (C=O) groups excluding carboxylic acids is 2. The minimum Gasteiger partial charge on any atom is -0.365 e. The second kappa shape index (κ2) is 7.49. The summed E-state index contributed by atoms with van der Waals surface area (Å²) in [6, 6.07) is 5.97. The molecule has 0 saturated heterocycles. The van der Waals surface area contributed by atoms with Gasteiger partial charge < -0.3 is 11.1 Å². The second-order valence-corrected chi connectivity index (χ2v) is 7.06. The smallest absolute Gasteiger partial charge is 0.270 e. The maximum atomic E-state index is 12.2. The third-order valence-electron chi connectivity index (χ3n) is 4.16. The van der Waals surface area contributed by atoms with E-state index in [1.54, 1.807) is 12.1 Å². The molecule has 7 nitrogen and oxygen atoms in total. The molecule has 1 aliphatic carbocycles. The molecule has 1 aromatic carbocycles. The zero-order chi connectivity index (χ0) is 18.7. The standard InChI is InChI=1S/C18H17N3O4S/c19-17(23)16-13-6-1-2-7-14(13)26-18(16)20-15(22)9-8-11-4-3-5-12(10-11)21(24)25/h3-5,8-10H,1-2,6-7H2,(H2,19,23)(H,20,22)/b9-8+. The number of nitrogens with two attached hydrogens (primary N) is 1. The number of benzene rings is 1. The SMILES string of the molecule is NC(=O)c1c(NC(=O)/C=C/c2cccc([N+](=O)[O-])c2)sc2c1CCCC2. The summed E-state index contributed by atoms with van der Waals surface area (Å²) in [7, 11) is 0. The fraction of sp³-hybridized carbons (Fsp3) is 0.222. The number of thiophene rings is 1. The Labute approximate surface area is 153 Å². The van der Waals surface area contributed by atoms with Crippen LogP contribution in [0.2, 0.25) is 0 Å². The van der Waals surface area contributed by atoms with Gasteiger partial charge in [0, 0.05) is 23.1 Å². The van der Waals surface area contributed by atoms with E-state index in [1.807, 2.05) is 0 Å². The number of aryl methyl sites for hydroxylation is 1. The van der Waals surface area contributed by atoms with Gasteiger partial charge in [-0.3, -0.25) is 19.7 Å². The van der Waals surface area contributed by atoms with Crippen LogP contribution < -0.4 is 11.1 Å². The van der Waals surface area contributed by atoms with Gasteiger partial charge in [0.2, 0.25) is 5.91 Å². The maximum Gasteiger partial charge on any atom is 0.270 e. The van der Waals surface area contributed by atoms with E-state index in [0.29, 0.717) is 16.1 Å². The molecule has 2 amide bonds. The Balaban J connectivity index is 1.78. The van der Waals surface area contributed by atoms with E-state index in [4.69, 9.17) is 5.73 Å². The van der Waals surface area contributed by atoms with Crippen LogP contribution in [0.4, 0.5) is 10.7 Å². The Bertz CT molecular complexity index is 917. The summed E-state index contributed by atoms with van der Waals surface area (Å²) < 4.78 is 0. The molecule has 0 aliphatic heterocycles. The summed E-state index contributed by atoms with van der Waals surface area (Å²) >= 11 is 1.39. The number of nitrogens with zero attached hydrogens (tertiary/aromatic N) is 1. The van der Waals surface area contributed by atoms with E-state index in [1.165, 1.54) is 35.6 Å². The third kappa shape index (κ3) is 3.80. The van der Waals surface area contributed by atoms with Gasteiger partial charge in [-0.2, -0.15) is 0 Å². The van der Waals surface area contributed by atoms with Crippen molar-refractivity contribution in [2.24, 2.45) is 5.73 Å². The third-order valence-corrected chi connectivity index (χ3v) is 5.37. The summed E-state index contributed by atoms with van der Waals surface area (Å²) in [4.78, 5) is 35.4. The number of non-ortho nitro benzene ring substituents is 1. The number of nitro groups is 1. The minimum atomic E-state index is -0.539. The Kier molecular flexibility index (Phi) is 5.13. The Morgan fingerprint density at radius 2 is 2.04 bits per heavy atom. The highest BCUT2D eigenvalue weighted by atomic mass is 32.1. The van der Waals surface area contributed by atoms with Gasteiger partial charge >= 0.3 is 0 Å². The van der Waals surface area contributed by atoms with E-state index in [0.717, 1.165) is 36.1 Å². The van der Waals surface area contributed by atoms with Crippen LogP contribution in [0.25, 0.3) is 6.08 Å². The zero-order valence-electron chi connectivity index (χ0n) is 13.9. The number of primary amides is 1. The van der Waals surface area contributed by atoms with Crippen molar-refractivity contribution in [1.29, 1.82) is 0 Å². The molecule has 0 unspecified atom stereocenters. The summed E-state index contributed by atoms with van der Waals surface area (Å²) in [6.07, 6.45) is 6.52. The Morgan fingerprint density at radius 1 is 1.27 bits per heavy atom. The monoisotopic (exact) mass is 371 g/mol. The summed E-state index contributed by atoms with van der Waals surface area (Å²) in [5.41, 5.74) is 7.35. The zero-order valence-corrected chi connectivity index (χ0v) is 14.7. The van der Waals surface area contributed by atoms with Gasteiger partial charge in [-0.15, -0.1) is 11.3 Å². The van der Waals surface area contributed by atoms with Crippen LogP contribution in [-0.4, -0.2) is 16.7 Å². The summed E-state index contributed by atoms with van der Waals surface area (Å²) in [6.45, 7) is 0. The number of rotatable bonds is 5. The average Bonchev–Trinajstić information content (AvgIpc) is 2.98. The van der Waals surface area contributed by atoms with Crippen molar-refractivity contribution in [1.82, 2.24) is 0 Å². The van der Waals surface area contributed by atoms with Crippen LogP contribution in [0.1, 0.15) is 39.2 Å². The number of nitro benzene ring substituents is 1. The molecule has 26 heavy (non-hydrogen) atoms. The first-order valence-corrected chi connectivity index (χ1v) is 8.95. The van der Waals surface area contributed by atoms with Gasteiger partial charge in [0.15, 0.2) is 0 Å². The molecule has 0 saturated carbocycles. The molecule has 2 aromatic rings. The fourth-order valence-electron chi connectivity index (χ4n) is 2.98. The lowest BCUT2D eigenvalue weighted by molar-refractivity contribution is -0.384. The highest BCUT2D eigenvalue weighted by molar-refractivity contribution is 7.17. The van der Waals surface area contributed by atoms with Crippen molar-refractivity contribution in [3.63, 3.8) is 0 Å². The van der Waals surface area contributed by atoms with Crippen LogP contribution in [0, 0.1) is 10.1 Å². The Morgan fingerprint density at radius 3 is 2.77 bits per heavy atom. The molecule has 0 bridgehead atoms. The van der Waals surface area contributed by atoms with Gasteiger partial charge in [-0.05, 0) is 42.9 Å². The topological polar surface area (TPSA) is 115 Å². The predicted octanol–water partition coefficient (Wildman–Crippen LogP) is 3.29. The normalized spacial score (nSPS) is 13.4. The lowest BCUT2D eigenvalue weighted by atomic mass is 9.95. The van der Waals surface area contributed by atoms with E-state index in [-0.39, 0.29) is 5.69 Å². The number of amides is 2. The molecule has 134 valence electrons. The molecule has 1 heterocycles. The van der Waals surface area contributed by atoms with Gasteiger partial charge in [-0.25, -0.2) is 0 Å². The molecule has 1 aliphatic rings. The lowest BCUT2D eigenvalue weighted by Crippen LogP contribution is -2.17. The van der Waals surface area contributed by atoms with Gasteiger partial charge in [0.25, 0.3) is 11.6 Å². The van der Waals surface area contributed by atoms with Crippen LogP contribution >= 0.6 is 11.3 Å². The molecule has 1 aromatic heterocycles. The van der Waals surface area contributed by atoms with Crippen LogP contribution in [0.15, 0.2) is 30.3 Å². The maximum absolute atomic E-state index is 12.2. The van der Waals surface area contributed by atoms with Crippen molar-refractivity contribution >= 4 is 39.9 Å². The molecule has 8 heteroatoms. The average molecular weight is 371 g/mol. The highest BCUT2D eigenvalue weighted by Crippen LogP contribution is 2.37. The van der Waals surface area contributed by atoms with Gasteiger partial charge in [-0.1, -0.05) is 12.1 Å². The van der Waals surface area contributed by atoms with Crippen LogP contribution in [-0.2, 0) is 17.6 Å². The number of hydrogen-bond acceptors (Lipinski definition) is 5. The summed E-state index contributed by atoms with van der Waals surface area (Å²) in [5.74, 6) is -0.958. The Hall–Kier alpha value is -3.00. The van der Waals surface area contributed by atoms with Crippen LogP contribution in [0.3, 0.4) is 0 Å². The van der Waals surface area contributed by atoms with Crippen LogP contribution in [0.5, 0.6) is 0 Å². The molecular formula is C18H17N3O4S. The van der Waals surface area contributed by atoms with E-state index in [9.17, 15) is 19.7 Å². The first kappa shape index (κ1) is 17.8. The molecular weight excluding hydrogens is 354 g/mol. The minimum absolute atomic E-state index is 0.0468. The fourth-order valence-corrected chi connectivity index (χ4v) is 4.28. The highest BCUT2D eigenvalue weighted by Gasteiger charge is 2.24. The first-order chi connectivity index (χ1) is 12.5. The van der Waals surface area contributed by atoms with E-state index in [2.05, 4.69) is 5.32 Å². The first-order valence-electron chi connectivity index (χ1n) is 8.13. The predicted molar refractivity (Wildman–Crippen MR) is 100 cm³/mol. The molecule has 0 radical (unpaired) electrons. The molecule has 0 fully saturated rings. The number of hydrogen-bond donors (Lipinski definition) is 2. The van der Waals surface area contributed by atoms with Gasteiger partial charge in [0.05, 0.1) is 10.5 Å². The quantitative estimate of drug-likeness (QED) is 0.476. The van der Waals surface area contributed by atoms with Gasteiger partial charge in [0.1, 0.15) is 5.00 Å². The molecule has 3 N–H and O–H groups in total. The largest absolute Gasteiger partial charge is 0.365 e. The number of carbonyl (C=O) groups is 2. The molecule has 3 rings (SSSR count). The molecule has 0 spiro atoms. The van der Waals surface area contributed by atoms with E-state index >= 15 is 0 Å². The number of nitrogens with one attached hydrogen (secondary N) is 1.